The van der Waals surface area contributed by atoms with E-state index in [9.17, 15) is 9.18 Å². The van der Waals surface area contributed by atoms with Gasteiger partial charge in [0.1, 0.15) is 11.6 Å². The van der Waals surface area contributed by atoms with Crippen LogP contribution in [0.4, 0.5) is 4.39 Å². The van der Waals surface area contributed by atoms with Gasteiger partial charge < -0.3 is 14.8 Å². The number of nitrogens with zero attached hydrogens (tertiary/aromatic N) is 2. The number of hydrogen-bond acceptors (Lipinski definition) is 4. The molecule has 0 saturated heterocycles. The molecule has 0 bridgehead atoms. The summed E-state index contributed by atoms with van der Waals surface area (Å²) >= 11 is 0. The molecule has 0 aliphatic rings. The predicted octanol–water partition coefficient (Wildman–Crippen LogP) is 3.81. The standard InChI is InChI=1S/C22H24FN3O3/c1-16-20(12-13-21(27)24-14-15-28-2)22(29-19-6-4-3-5-7-19)26(25-16)18-10-8-17(23)9-11-18/h3-11H,12-15H2,1-2H3,(H,24,27). The van der Waals surface area contributed by atoms with Crippen LogP contribution < -0.4 is 10.1 Å². The number of carbonyl (C=O) groups is 1. The van der Waals surface area contributed by atoms with Crippen LogP contribution in [-0.2, 0) is 16.0 Å². The summed E-state index contributed by atoms with van der Waals surface area (Å²) in [4.78, 5) is 12.1. The van der Waals surface area contributed by atoms with Gasteiger partial charge in [-0.15, -0.1) is 0 Å². The highest BCUT2D eigenvalue weighted by Crippen LogP contribution is 2.31. The normalized spacial score (nSPS) is 10.7. The smallest absolute Gasteiger partial charge is 0.226 e. The molecule has 1 N–H and O–H groups in total. The molecule has 152 valence electrons. The number of amides is 1. The van der Waals surface area contributed by atoms with Crippen LogP contribution in [0.3, 0.4) is 0 Å². The number of halogens is 1. The molecule has 0 atom stereocenters. The van der Waals surface area contributed by atoms with Crippen LogP contribution in [0.25, 0.3) is 5.69 Å². The number of para-hydroxylation sites is 1. The van der Waals surface area contributed by atoms with Gasteiger partial charge in [0.2, 0.25) is 11.8 Å². The van der Waals surface area contributed by atoms with Crippen molar-refractivity contribution in [2.24, 2.45) is 0 Å². The molecule has 3 aromatic rings. The van der Waals surface area contributed by atoms with Crippen molar-refractivity contribution in [2.75, 3.05) is 20.3 Å². The van der Waals surface area contributed by atoms with Crippen molar-refractivity contribution in [1.29, 1.82) is 0 Å². The van der Waals surface area contributed by atoms with E-state index in [0.29, 0.717) is 43.3 Å². The number of rotatable bonds is 9. The molecule has 1 aromatic heterocycles. The van der Waals surface area contributed by atoms with Gasteiger partial charge in [-0.25, -0.2) is 9.07 Å². The summed E-state index contributed by atoms with van der Waals surface area (Å²) in [5.41, 5.74) is 2.27. The first-order valence-corrected chi connectivity index (χ1v) is 9.41. The molecule has 0 unspecified atom stereocenters. The van der Waals surface area contributed by atoms with E-state index < -0.39 is 0 Å². The largest absolute Gasteiger partial charge is 0.439 e. The minimum Gasteiger partial charge on any atom is -0.439 e. The Balaban J connectivity index is 1.88. The van der Waals surface area contributed by atoms with Crippen LogP contribution in [0.2, 0.25) is 0 Å². The van der Waals surface area contributed by atoms with Crippen LogP contribution in [0.15, 0.2) is 54.6 Å². The molecule has 0 saturated carbocycles. The van der Waals surface area contributed by atoms with Gasteiger partial charge in [0, 0.05) is 25.6 Å². The van der Waals surface area contributed by atoms with Gasteiger partial charge in [-0.1, -0.05) is 18.2 Å². The van der Waals surface area contributed by atoms with E-state index in [1.54, 1.807) is 23.9 Å². The van der Waals surface area contributed by atoms with E-state index in [1.807, 2.05) is 37.3 Å². The molecule has 29 heavy (non-hydrogen) atoms. The highest BCUT2D eigenvalue weighted by atomic mass is 19.1. The number of carbonyl (C=O) groups excluding carboxylic acids is 1. The van der Waals surface area contributed by atoms with Gasteiger partial charge in [0.25, 0.3) is 0 Å². The first-order valence-electron chi connectivity index (χ1n) is 9.41. The zero-order chi connectivity index (χ0) is 20.6. The van der Waals surface area contributed by atoms with Crippen LogP contribution in [0.1, 0.15) is 17.7 Å². The second kappa shape index (κ2) is 9.84. The minimum absolute atomic E-state index is 0.0679. The third-order valence-corrected chi connectivity index (χ3v) is 4.40. The van der Waals surface area contributed by atoms with Crippen LogP contribution in [0.5, 0.6) is 11.6 Å². The van der Waals surface area contributed by atoms with E-state index in [1.165, 1.54) is 12.1 Å². The van der Waals surface area contributed by atoms with Crippen molar-refractivity contribution in [2.45, 2.75) is 19.8 Å². The topological polar surface area (TPSA) is 65.4 Å². The Hall–Kier alpha value is -3.19. The molecular formula is C22H24FN3O3. The van der Waals surface area contributed by atoms with E-state index in [-0.39, 0.29) is 11.7 Å². The number of benzene rings is 2. The molecule has 0 spiro atoms. The highest BCUT2D eigenvalue weighted by Gasteiger charge is 2.20. The van der Waals surface area contributed by atoms with E-state index in [0.717, 1.165) is 11.3 Å². The zero-order valence-electron chi connectivity index (χ0n) is 16.5. The average molecular weight is 397 g/mol. The minimum atomic E-state index is -0.323. The Labute approximate surface area is 169 Å². The summed E-state index contributed by atoms with van der Waals surface area (Å²) in [6.45, 7) is 2.81. The van der Waals surface area contributed by atoms with Crippen molar-refractivity contribution >= 4 is 5.91 Å². The molecule has 0 fully saturated rings. The molecule has 2 aromatic carbocycles. The first kappa shape index (κ1) is 20.5. The maximum absolute atomic E-state index is 13.4. The number of aromatic nitrogens is 2. The summed E-state index contributed by atoms with van der Waals surface area (Å²) in [7, 11) is 1.59. The highest BCUT2D eigenvalue weighted by molar-refractivity contribution is 5.76. The third-order valence-electron chi connectivity index (χ3n) is 4.40. The van der Waals surface area contributed by atoms with Gasteiger partial charge in [-0.2, -0.15) is 5.10 Å². The van der Waals surface area contributed by atoms with E-state index >= 15 is 0 Å². The SMILES string of the molecule is COCCNC(=O)CCc1c(C)nn(-c2ccc(F)cc2)c1Oc1ccccc1. The molecule has 3 rings (SSSR count). The molecule has 0 aliphatic carbocycles. The van der Waals surface area contributed by atoms with Crippen molar-refractivity contribution in [3.8, 4) is 17.3 Å². The van der Waals surface area contributed by atoms with Gasteiger partial charge in [-0.05, 0) is 49.7 Å². The van der Waals surface area contributed by atoms with Crippen molar-refractivity contribution in [3.63, 3.8) is 0 Å². The molecule has 0 radical (unpaired) electrons. The van der Waals surface area contributed by atoms with Crippen molar-refractivity contribution in [1.82, 2.24) is 15.1 Å². The molecule has 1 heterocycles. The summed E-state index contributed by atoms with van der Waals surface area (Å²) < 4.78 is 26.1. The predicted molar refractivity (Wildman–Crippen MR) is 108 cm³/mol. The Morgan fingerprint density at radius 1 is 1.14 bits per heavy atom. The molecule has 1 amide bonds. The Bertz CT molecular complexity index is 940. The molecule has 0 aliphatic heterocycles. The number of hydrogen-bond donors (Lipinski definition) is 1. The summed E-state index contributed by atoms with van der Waals surface area (Å²) in [6, 6.07) is 15.4. The van der Waals surface area contributed by atoms with E-state index in [4.69, 9.17) is 9.47 Å². The van der Waals surface area contributed by atoms with Gasteiger partial charge >= 0.3 is 0 Å². The Morgan fingerprint density at radius 2 is 1.86 bits per heavy atom. The van der Waals surface area contributed by atoms with Crippen molar-refractivity contribution in [3.05, 3.63) is 71.7 Å². The molecular weight excluding hydrogens is 373 g/mol. The lowest BCUT2D eigenvalue weighted by Gasteiger charge is -2.11. The quantitative estimate of drug-likeness (QED) is 0.558. The van der Waals surface area contributed by atoms with Gasteiger partial charge in [0.05, 0.1) is 18.0 Å². The zero-order valence-corrected chi connectivity index (χ0v) is 16.5. The second-order valence-corrected chi connectivity index (χ2v) is 6.52. The lowest BCUT2D eigenvalue weighted by atomic mass is 10.1. The average Bonchev–Trinajstić information content (AvgIpc) is 3.03. The van der Waals surface area contributed by atoms with Gasteiger partial charge in [-0.3, -0.25) is 4.79 Å². The van der Waals surface area contributed by atoms with Crippen LogP contribution >= 0.6 is 0 Å². The molecule has 6 nitrogen and oxygen atoms in total. The second-order valence-electron chi connectivity index (χ2n) is 6.52. The summed E-state index contributed by atoms with van der Waals surface area (Å²) in [5, 5.41) is 7.39. The summed E-state index contributed by atoms with van der Waals surface area (Å²) in [6.07, 6.45) is 0.763. The number of aryl methyl sites for hydroxylation is 1. The fourth-order valence-electron chi connectivity index (χ4n) is 2.91. The van der Waals surface area contributed by atoms with Crippen LogP contribution in [-0.4, -0.2) is 35.9 Å². The number of nitrogens with one attached hydrogen (secondary N) is 1. The number of methoxy groups -OCH3 is 1. The molecule has 7 heteroatoms. The summed E-state index contributed by atoms with van der Waals surface area (Å²) in [5.74, 6) is 0.782. The Morgan fingerprint density at radius 3 is 2.55 bits per heavy atom. The maximum atomic E-state index is 13.4. The van der Waals surface area contributed by atoms with E-state index in [2.05, 4.69) is 10.4 Å². The monoisotopic (exact) mass is 397 g/mol. The fourth-order valence-corrected chi connectivity index (χ4v) is 2.91. The Kier molecular flexibility index (Phi) is 6.97. The van der Waals surface area contributed by atoms with Crippen molar-refractivity contribution < 1.29 is 18.7 Å². The lowest BCUT2D eigenvalue weighted by Crippen LogP contribution is -2.27. The fraction of sp³-hybridized carbons (Fsp3) is 0.273. The third kappa shape index (κ3) is 5.42. The van der Waals surface area contributed by atoms with Gasteiger partial charge in [0.15, 0.2) is 0 Å². The lowest BCUT2D eigenvalue weighted by molar-refractivity contribution is -0.121. The number of ether oxygens (including phenoxy) is 2. The van der Waals surface area contributed by atoms with Crippen LogP contribution in [0, 0.1) is 12.7 Å². The first-order chi connectivity index (χ1) is 14.1. The maximum Gasteiger partial charge on any atom is 0.226 e.